The molecule has 8 heteroatoms. The van der Waals surface area contributed by atoms with Crippen LogP contribution in [-0.2, 0) is 15.0 Å². The van der Waals surface area contributed by atoms with E-state index < -0.39 is 17.2 Å². The van der Waals surface area contributed by atoms with E-state index in [1.165, 1.54) is 17.5 Å². The van der Waals surface area contributed by atoms with Crippen molar-refractivity contribution in [2.45, 2.75) is 11.8 Å². The summed E-state index contributed by atoms with van der Waals surface area (Å²) in [6.07, 6.45) is 6.30. The third-order valence-electron chi connectivity index (χ3n) is 4.17. The fraction of sp³-hybridized carbons (Fsp3) is 0.111. The first-order chi connectivity index (χ1) is 12.4. The first kappa shape index (κ1) is 17.6. The molecule has 0 saturated carbocycles. The number of pyridine rings is 1. The number of hydrogen-bond acceptors (Lipinski definition) is 5. The van der Waals surface area contributed by atoms with Crippen molar-refractivity contribution >= 4 is 34.9 Å². The highest BCUT2D eigenvalue weighted by Gasteiger charge is 2.39. The molecule has 0 radical (unpaired) electrons. The second-order valence-electron chi connectivity index (χ2n) is 5.79. The van der Waals surface area contributed by atoms with E-state index in [9.17, 15) is 14.4 Å². The Labute approximate surface area is 153 Å². The first-order valence-corrected chi connectivity index (χ1v) is 8.60. The lowest BCUT2D eigenvalue weighted by Gasteiger charge is -2.30. The SMILES string of the molecule is NC(=O)C1=CC=CC(C(N)=O)(c2ccc(NC(=O)c3cccs3)nc2)C1. The Morgan fingerprint density at radius 1 is 1.19 bits per heavy atom. The maximum absolute atomic E-state index is 12.2. The highest BCUT2D eigenvalue weighted by molar-refractivity contribution is 7.12. The number of carbonyl (C=O) groups is 3. The number of nitrogens with one attached hydrogen (secondary N) is 1. The molecule has 0 bridgehead atoms. The van der Waals surface area contributed by atoms with Gasteiger partial charge in [-0.3, -0.25) is 14.4 Å². The summed E-state index contributed by atoms with van der Waals surface area (Å²) >= 11 is 1.32. The molecule has 0 aliphatic heterocycles. The van der Waals surface area contributed by atoms with Gasteiger partial charge in [-0.1, -0.05) is 30.4 Å². The molecule has 0 spiro atoms. The average molecular weight is 368 g/mol. The van der Waals surface area contributed by atoms with Gasteiger partial charge in [0.1, 0.15) is 5.82 Å². The van der Waals surface area contributed by atoms with E-state index in [1.807, 2.05) is 0 Å². The lowest BCUT2D eigenvalue weighted by atomic mass is 9.73. The molecule has 5 N–H and O–H groups in total. The van der Waals surface area contributed by atoms with Crippen molar-refractivity contribution in [1.29, 1.82) is 0 Å². The van der Waals surface area contributed by atoms with Crippen LogP contribution in [0.15, 0.2) is 59.6 Å². The molecule has 1 aliphatic rings. The molecule has 7 nitrogen and oxygen atoms in total. The quantitative estimate of drug-likeness (QED) is 0.738. The van der Waals surface area contributed by atoms with Crippen molar-refractivity contribution < 1.29 is 14.4 Å². The van der Waals surface area contributed by atoms with Crippen molar-refractivity contribution in [3.8, 4) is 0 Å². The molecule has 1 aliphatic carbocycles. The van der Waals surface area contributed by atoms with Gasteiger partial charge >= 0.3 is 0 Å². The van der Waals surface area contributed by atoms with Crippen LogP contribution in [0.25, 0.3) is 0 Å². The predicted molar refractivity (Wildman–Crippen MR) is 98.4 cm³/mol. The zero-order chi connectivity index (χ0) is 18.7. The lowest BCUT2D eigenvalue weighted by molar-refractivity contribution is -0.122. The first-order valence-electron chi connectivity index (χ1n) is 7.72. The van der Waals surface area contributed by atoms with E-state index in [-0.39, 0.29) is 12.3 Å². The molecule has 1 atom stereocenters. The van der Waals surface area contributed by atoms with Crippen molar-refractivity contribution in [2.75, 3.05) is 5.32 Å². The molecular formula is C18H16N4O3S. The molecule has 132 valence electrons. The smallest absolute Gasteiger partial charge is 0.266 e. The third-order valence-corrected chi connectivity index (χ3v) is 5.04. The second kappa shape index (κ2) is 6.93. The van der Waals surface area contributed by atoms with Gasteiger partial charge in [-0.2, -0.15) is 0 Å². The molecule has 2 aromatic rings. The van der Waals surface area contributed by atoms with Crippen molar-refractivity contribution in [3.63, 3.8) is 0 Å². The van der Waals surface area contributed by atoms with Crippen LogP contribution in [0.5, 0.6) is 0 Å². The topological polar surface area (TPSA) is 128 Å². The predicted octanol–water partition coefficient (Wildman–Crippen LogP) is 1.49. The number of allylic oxidation sites excluding steroid dienone is 2. The summed E-state index contributed by atoms with van der Waals surface area (Å²) in [6, 6.07) is 6.73. The highest BCUT2D eigenvalue weighted by Crippen LogP contribution is 2.35. The van der Waals surface area contributed by atoms with Crippen LogP contribution in [-0.4, -0.2) is 22.7 Å². The summed E-state index contributed by atoms with van der Waals surface area (Å²) in [5.74, 6) is -1.14. The van der Waals surface area contributed by atoms with Gasteiger partial charge in [-0.05, 0) is 29.5 Å². The van der Waals surface area contributed by atoms with Crippen molar-refractivity contribution in [1.82, 2.24) is 4.98 Å². The third kappa shape index (κ3) is 3.27. The van der Waals surface area contributed by atoms with E-state index in [4.69, 9.17) is 11.5 Å². The number of anilines is 1. The van der Waals surface area contributed by atoms with Crippen LogP contribution < -0.4 is 16.8 Å². The molecule has 26 heavy (non-hydrogen) atoms. The van der Waals surface area contributed by atoms with Gasteiger partial charge in [-0.15, -0.1) is 11.3 Å². The summed E-state index contributed by atoms with van der Waals surface area (Å²) in [4.78, 5) is 40.5. The molecule has 0 aromatic carbocycles. The van der Waals surface area contributed by atoms with Crippen molar-refractivity contribution in [3.05, 3.63) is 70.1 Å². The van der Waals surface area contributed by atoms with E-state index in [1.54, 1.807) is 47.9 Å². The molecule has 3 rings (SSSR count). The number of aromatic nitrogens is 1. The number of thiophene rings is 1. The zero-order valence-corrected chi connectivity index (χ0v) is 14.5. The van der Waals surface area contributed by atoms with Crippen LogP contribution >= 0.6 is 11.3 Å². The minimum Gasteiger partial charge on any atom is -0.369 e. The summed E-state index contributed by atoms with van der Waals surface area (Å²) < 4.78 is 0. The van der Waals surface area contributed by atoms with Gasteiger partial charge in [0.15, 0.2) is 0 Å². The minimum atomic E-state index is -1.21. The number of nitrogens with two attached hydrogens (primary N) is 2. The van der Waals surface area contributed by atoms with Gasteiger partial charge < -0.3 is 16.8 Å². The standard InChI is InChI=1S/C18H16N4O3S/c19-15(23)11-3-1-7-18(9-11,17(20)25)12-5-6-14(21-10-12)22-16(24)13-4-2-8-26-13/h1-8,10H,9H2,(H2,19,23)(H2,20,25)(H,21,22,24). The Bertz CT molecular complexity index is 916. The van der Waals surface area contributed by atoms with Crippen LogP contribution in [0.4, 0.5) is 5.82 Å². The van der Waals surface area contributed by atoms with Gasteiger partial charge in [0.2, 0.25) is 11.8 Å². The largest absolute Gasteiger partial charge is 0.369 e. The van der Waals surface area contributed by atoms with Crippen LogP contribution in [0.3, 0.4) is 0 Å². The lowest BCUT2D eigenvalue weighted by Crippen LogP contribution is -2.42. The summed E-state index contributed by atoms with van der Waals surface area (Å²) in [6.45, 7) is 0. The highest BCUT2D eigenvalue weighted by atomic mass is 32.1. The normalized spacial score (nSPS) is 18.8. The number of nitrogens with zero attached hydrogens (tertiary/aromatic N) is 1. The molecule has 0 fully saturated rings. The van der Waals surface area contributed by atoms with Crippen LogP contribution in [0.2, 0.25) is 0 Å². The minimum absolute atomic E-state index is 0.0662. The number of amides is 3. The van der Waals surface area contributed by atoms with Gasteiger partial charge in [-0.25, -0.2) is 4.98 Å². The Balaban J connectivity index is 1.85. The number of carbonyl (C=O) groups excluding carboxylic acids is 3. The average Bonchev–Trinajstić information content (AvgIpc) is 3.17. The van der Waals surface area contributed by atoms with E-state index in [0.29, 0.717) is 21.8 Å². The Morgan fingerprint density at radius 3 is 2.58 bits per heavy atom. The maximum Gasteiger partial charge on any atom is 0.266 e. The zero-order valence-electron chi connectivity index (χ0n) is 13.6. The Morgan fingerprint density at radius 2 is 2.00 bits per heavy atom. The monoisotopic (exact) mass is 368 g/mol. The Kier molecular flexibility index (Phi) is 4.68. The Hall–Kier alpha value is -3.26. The number of primary amides is 2. The van der Waals surface area contributed by atoms with E-state index in [0.717, 1.165) is 0 Å². The fourth-order valence-electron chi connectivity index (χ4n) is 2.74. The summed E-state index contributed by atoms with van der Waals surface area (Å²) in [5.41, 5.74) is 10.6. The molecule has 2 heterocycles. The maximum atomic E-state index is 12.2. The van der Waals surface area contributed by atoms with E-state index in [2.05, 4.69) is 10.3 Å². The molecule has 1 unspecified atom stereocenters. The van der Waals surface area contributed by atoms with Gasteiger partial charge in [0.25, 0.3) is 5.91 Å². The van der Waals surface area contributed by atoms with Crippen LogP contribution in [0, 0.1) is 0 Å². The number of rotatable bonds is 5. The van der Waals surface area contributed by atoms with Crippen molar-refractivity contribution in [2.24, 2.45) is 11.5 Å². The number of hydrogen-bond donors (Lipinski definition) is 3. The second-order valence-corrected chi connectivity index (χ2v) is 6.74. The summed E-state index contributed by atoms with van der Waals surface area (Å²) in [7, 11) is 0. The van der Waals surface area contributed by atoms with Gasteiger partial charge in [0, 0.05) is 11.8 Å². The molecular weight excluding hydrogens is 352 g/mol. The van der Waals surface area contributed by atoms with Gasteiger partial charge in [0.05, 0.1) is 10.3 Å². The fourth-order valence-corrected chi connectivity index (χ4v) is 3.36. The summed E-state index contributed by atoms with van der Waals surface area (Å²) in [5, 5.41) is 4.49. The molecule has 3 amide bonds. The molecule has 2 aromatic heterocycles. The van der Waals surface area contributed by atoms with E-state index >= 15 is 0 Å². The van der Waals surface area contributed by atoms with Crippen LogP contribution in [0.1, 0.15) is 21.7 Å². The molecule has 0 saturated heterocycles.